The molecule has 2 rings (SSSR count). The zero-order valence-electron chi connectivity index (χ0n) is 14.3. The van der Waals surface area contributed by atoms with E-state index in [1.165, 1.54) is 43.3 Å². The van der Waals surface area contributed by atoms with E-state index >= 15 is 0 Å². The summed E-state index contributed by atoms with van der Waals surface area (Å²) in [7, 11) is -4.29. The summed E-state index contributed by atoms with van der Waals surface area (Å²) in [5.74, 6) is -5.97. The lowest BCUT2D eigenvalue weighted by Gasteiger charge is -2.23. The van der Waals surface area contributed by atoms with Gasteiger partial charge in [0.15, 0.2) is 6.17 Å². The summed E-state index contributed by atoms with van der Waals surface area (Å²) < 4.78 is 107. The van der Waals surface area contributed by atoms with E-state index in [2.05, 4.69) is 0 Å². The second-order valence-electron chi connectivity index (χ2n) is 5.63. The maximum atomic E-state index is 13.9. The van der Waals surface area contributed by atoms with Gasteiger partial charge >= 0.3 is 22.2 Å². The zero-order valence-corrected chi connectivity index (χ0v) is 15.1. The van der Waals surface area contributed by atoms with Crippen LogP contribution >= 0.6 is 0 Å². The van der Waals surface area contributed by atoms with E-state index in [4.69, 9.17) is 4.18 Å². The molecule has 2 aromatic carbocycles. The Morgan fingerprint density at radius 2 is 1.61 bits per heavy atom. The normalized spacial score (nSPS) is 14.2. The van der Waals surface area contributed by atoms with E-state index in [0.29, 0.717) is 12.1 Å². The number of allylic oxidation sites excluding steroid dienone is 1. The van der Waals surface area contributed by atoms with Crippen LogP contribution in [0.1, 0.15) is 24.2 Å². The first kappa shape index (κ1) is 21.8. The lowest BCUT2D eigenvalue weighted by atomic mass is 10.0. The van der Waals surface area contributed by atoms with Gasteiger partial charge in [-0.3, -0.25) is 0 Å². The van der Waals surface area contributed by atoms with Gasteiger partial charge in [0.25, 0.3) is 0 Å². The largest absolute Gasteiger partial charge is 0.456 e. The van der Waals surface area contributed by atoms with E-state index < -0.39 is 34.0 Å². The summed E-state index contributed by atoms with van der Waals surface area (Å²) in [5, 5.41) is 0. The summed E-state index contributed by atoms with van der Waals surface area (Å²) in [4.78, 5) is -0.197. The molecule has 0 fully saturated rings. The van der Waals surface area contributed by atoms with Crippen LogP contribution in [0.3, 0.4) is 0 Å². The second kappa shape index (κ2) is 7.86. The average Bonchev–Trinajstić information content (AvgIpc) is 2.62. The third kappa shape index (κ3) is 4.49. The first-order chi connectivity index (χ1) is 12.9. The Kier molecular flexibility index (Phi) is 6.12. The van der Waals surface area contributed by atoms with Gasteiger partial charge in [-0.2, -0.15) is 30.4 Å². The summed E-state index contributed by atoms with van der Waals surface area (Å²) in [6.45, 7) is 1.49. The van der Waals surface area contributed by atoms with Gasteiger partial charge in [-0.25, -0.2) is 4.39 Å². The fourth-order valence-electron chi connectivity index (χ4n) is 2.22. The van der Waals surface area contributed by atoms with Crippen LogP contribution in [0.2, 0.25) is 0 Å². The maximum Gasteiger partial charge on any atom is 0.456 e. The fraction of sp³-hybridized carbons (Fsp3) is 0.222. The lowest BCUT2D eigenvalue weighted by Crippen LogP contribution is -2.40. The third-order valence-electron chi connectivity index (χ3n) is 3.60. The van der Waals surface area contributed by atoms with Crippen molar-refractivity contribution in [3.8, 4) is 5.75 Å². The highest BCUT2D eigenvalue weighted by Crippen LogP contribution is 2.47. The molecule has 2 aromatic rings. The monoisotopic (exact) mass is 424 g/mol. The van der Waals surface area contributed by atoms with Crippen LogP contribution in [0.25, 0.3) is 6.08 Å². The molecule has 0 saturated carbocycles. The molecule has 10 heteroatoms. The van der Waals surface area contributed by atoms with Gasteiger partial charge < -0.3 is 4.18 Å². The molecular weight excluding hydrogens is 410 g/mol. The van der Waals surface area contributed by atoms with Gasteiger partial charge in [0.2, 0.25) is 0 Å². The average molecular weight is 424 g/mol. The fourth-order valence-corrected chi connectivity index (χ4v) is 3.19. The third-order valence-corrected chi connectivity index (χ3v) is 4.85. The Balaban J connectivity index is 2.44. The molecule has 0 spiro atoms. The highest BCUT2D eigenvalue weighted by atomic mass is 32.2. The molecule has 3 nitrogen and oxygen atoms in total. The van der Waals surface area contributed by atoms with E-state index in [1.807, 2.05) is 0 Å². The van der Waals surface area contributed by atoms with Crippen molar-refractivity contribution < 1.29 is 38.9 Å². The quantitative estimate of drug-likeness (QED) is 0.442. The number of alkyl halides is 6. The Hall–Kier alpha value is -2.49. The Labute approximate surface area is 157 Å². The van der Waals surface area contributed by atoms with Gasteiger partial charge in [-0.05, 0) is 36.8 Å². The molecule has 0 bridgehead atoms. The second-order valence-corrected chi connectivity index (χ2v) is 7.18. The van der Waals surface area contributed by atoms with Crippen LogP contribution in [0.4, 0.5) is 26.3 Å². The topological polar surface area (TPSA) is 43.4 Å². The van der Waals surface area contributed by atoms with Crippen molar-refractivity contribution in [1.29, 1.82) is 0 Å². The molecule has 0 aliphatic rings. The molecule has 1 atom stereocenters. The van der Waals surface area contributed by atoms with Crippen LogP contribution in [0, 0.1) is 0 Å². The van der Waals surface area contributed by atoms with Crippen LogP contribution in [-0.4, -0.2) is 20.5 Å². The standard InChI is InChI=1S/C18H14F6O3S/c1-2-6-12-11-13(16(19)17(20,21)18(22,23)24)9-10-15(12)27-28(25,26)14-7-4-3-5-8-14/h2-11,16H,1H3. The van der Waals surface area contributed by atoms with E-state index in [1.54, 1.807) is 6.07 Å². The van der Waals surface area contributed by atoms with Gasteiger partial charge in [-0.15, -0.1) is 0 Å². The van der Waals surface area contributed by atoms with Gasteiger partial charge in [-0.1, -0.05) is 36.4 Å². The van der Waals surface area contributed by atoms with Gasteiger partial charge in [0.1, 0.15) is 10.6 Å². The number of rotatable bonds is 6. The highest BCUT2D eigenvalue weighted by molar-refractivity contribution is 7.87. The molecule has 0 N–H and O–H groups in total. The summed E-state index contributed by atoms with van der Waals surface area (Å²) in [6, 6.07) is 9.08. The molecule has 0 saturated heterocycles. The molecule has 28 heavy (non-hydrogen) atoms. The summed E-state index contributed by atoms with van der Waals surface area (Å²) in [5.41, 5.74) is -1.15. The molecular formula is C18H14F6O3S. The number of hydrogen-bond acceptors (Lipinski definition) is 3. The van der Waals surface area contributed by atoms with Crippen molar-refractivity contribution in [2.24, 2.45) is 0 Å². The van der Waals surface area contributed by atoms with Crippen molar-refractivity contribution in [1.82, 2.24) is 0 Å². The van der Waals surface area contributed by atoms with Gasteiger partial charge in [0.05, 0.1) is 0 Å². The minimum Gasteiger partial charge on any atom is -0.378 e. The van der Waals surface area contributed by atoms with E-state index in [-0.39, 0.29) is 16.2 Å². The van der Waals surface area contributed by atoms with Gasteiger partial charge in [0, 0.05) is 5.56 Å². The van der Waals surface area contributed by atoms with Crippen LogP contribution < -0.4 is 4.18 Å². The van der Waals surface area contributed by atoms with Crippen molar-refractivity contribution >= 4 is 16.2 Å². The van der Waals surface area contributed by atoms with E-state index in [0.717, 1.165) is 6.07 Å². The molecule has 0 amide bonds. The predicted molar refractivity (Wildman–Crippen MR) is 90.3 cm³/mol. The Morgan fingerprint density at radius 3 is 2.14 bits per heavy atom. The highest BCUT2D eigenvalue weighted by Gasteiger charge is 2.63. The molecule has 0 aliphatic carbocycles. The minimum absolute atomic E-state index is 0.180. The van der Waals surface area contributed by atoms with Crippen molar-refractivity contribution in [2.45, 2.75) is 30.1 Å². The minimum atomic E-state index is -6.08. The summed E-state index contributed by atoms with van der Waals surface area (Å²) in [6.07, 6.45) is -7.20. The van der Waals surface area contributed by atoms with Crippen LogP contribution in [-0.2, 0) is 10.1 Å². The maximum absolute atomic E-state index is 13.9. The van der Waals surface area contributed by atoms with Crippen LogP contribution in [0.5, 0.6) is 5.75 Å². The molecule has 1 unspecified atom stereocenters. The molecule has 0 aromatic heterocycles. The van der Waals surface area contributed by atoms with Crippen molar-refractivity contribution in [2.75, 3.05) is 0 Å². The number of benzene rings is 2. The molecule has 0 heterocycles. The first-order valence-corrected chi connectivity index (χ1v) is 9.16. The Bertz CT molecular complexity index is 953. The Morgan fingerprint density at radius 1 is 1.00 bits per heavy atom. The number of hydrogen-bond donors (Lipinski definition) is 0. The van der Waals surface area contributed by atoms with E-state index in [9.17, 15) is 34.8 Å². The van der Waals surface area contributed by atoms with Crippen LogP contribution in [0.15, 0.2) is 59.5 Å². The first-order valence-electron chi connectivity index (χ1n) is 7.75. The molecule has 0 radical (unpaired) electrons. The smallest absolute Gasteiger partial charge is 0.378 e. The predicted octanol–water partition coefficient (Wildman–Crippen LogP) is 5.70. The SMILES string of the molecule is CC=Cc1cc(C(F)C(F)(F)C(F)(F)F)ccc1OS(=O)(=O)c1ccccc1. The van der Waals surface area contributed by atoms with Crippen molar-refractivity contribution in [3.05, 3.63) is 65.7 Å². The summed E-state index contributed by atoms with van der Waals surface area (Å²) >= 11 is 0. The van der Waals surface area contributed by atoms with Crippen molar-refractivity contribution in [3.63, 3.8) is 0 Å². The molecule has 0 aliphatic heterocycles. The zero-order chi connectivity index (χ0) is 21.2. The molecule has 152 valence electrons. The lowest BCUT2D eigenvalue weighted by molar-refractivity contribution is -0.305. The number of halogens is 6.